The van der Waals surface area contributed by atoms with Gasteiger partial charge in [0.25, 0.3) is 0 Å². The van der Waals surface area contributed by atoms with Crippen LogP contribution in [0.4, 0.5) is 0 Å². The Kier molecular flexibility index (Phi) is 3.95. The number of halogens is 1. The Hall–Kier alpha value is -1.44. The van der Waals surface area contributed by atoms with Crippen LogP contribution in [0, 0.1) is 18.3 Å². The van der Waals surface area contributed by atoms with Gasteiger partial charge >= 0.3 is 0 Å². The summed E-state index contributed by atoms with van der Waals surface area (Å²) in [7, 11) is 0. The third-order valence-corrected chi connectivity index (χ3v) is 4.47. The van der Waals surface area contributed by atoms with Gasteiger partial charge in [0.1, 0.15) is 5.92 Å². The summed E-state index contributed by atoms with van der Waals surface area (Å²) < 4.78 is 0.885. The lowest BCUT2D eigenvalue weighted by Gasteiger charge is -2.07. The van der Waals surface area contributed by atoms with E-state index in [-0.39, 0.29) is 5.78 Å². The molecule has 4 heteroatoms. The summed E-state index contributed by atoms with van der Waals surface area (Å²) in [5.74, 6) is -0.861. The summed E-state index contributed by atoms with van der Waals surface area (Å²) in [6, 6.07) is 11.2. The highest BCUT2D eigenvalue weighted by atomic mass is 79.9. The molecule has 0 spiro atoms. The van der Waals surface area contributed by atoms with Crippen molar-refractivity contribution in [1.82, 2.24) is 0 Å². The predicted octanol–water partition coefficient (Wildman–Crippen LogP) is 4.31. The molecule has 0 bridgehead atoms. The largest absolute Gasteiger partial charge is 0.292 e. The van der Waals surface area contributed by atoms with Crippen LogP contribution in [0.25, 0.3) is 0 Å². The van der Waals surface area contributed by atoms with Crippen LogP contribution in [0.1, 0.15) is 26.7 Å². The molecule has 1 unspecified atom stereocenters. The summed E-state index contributed by atoms with van der Waals surface area (Å²) in [5.41, 5.74) is 1.63. The van der Waals surface area contributed by atoms with E-state index in [0.717, 1.165) is 14.9 Å². The van der Waals surface area contributed by atoms with E-state index in [2.05, 4.69) is 22.0 Å². The predicted molar refractivity (Wildman–Crippen MR) is 75.9 cm³/mol. The number of aryl methyl sites for hydroxylation is 1. The maximum absolute atomic E-state index is 12.3. The fourth-order valence-corrected chi connectivity index (χ4v) is 2.77. The molecule has 0 saturated carbocycles. The zero-order valence-corrected chi connectivity index (χ0v) is 12.1. The first kappa shape index (κ1) is 13.0. The molecule has 0 fully saturated rings. The van der Waals surface area contributed by atoms with Gasteiger partial charge in [-0.25, -0.2) is 0 Å². The molecule has 90 valence electrons. The second-order valence-electron chi connectivity index (χ2n) is 3.91. The van der Waals surface area contributed by atoms with Crippen LogP contribution in [0.15, 0.2) is 40.2 Å². The number of nitrogens with zero attached hydrogens (tertiary/aromatic N) is 1. The number of rotatable bonds is 3. The first-order valence-electron chi connectivity index (χ1n) is 5.37. The Morgan fingerprint density at radius 2 is 2.22 bits per heavy atom. The number of benzene rings is 1. The molecular weight excluding hydrogens is 310 g/mol. The van der Waals surface area contributed by atoms with Gasteiger partial charge in [0, 0.05) is 14.9 Å². The van der Waals surface area contributed by atoms with Gasteiger partial charge in [-0.3, -0.25) is 4.79 Å². The van der Waals surface area contributed by atoms with Crippen molar-refractivity contribution in [3.63, 3.8) is 0 Å². The molecular formula is C14H10BrNOS. The van der Waals surface area contributed by atoms with Gasteiger partial charge in [-0.2, -0.15) is 5.26 Å². The summed E-state index contributed by atoms with van der Waals surface area (Å²) in [5, 5.41) is 11.1. The fraction of sp³-hybridized carbons (Fsp3) is 0.143. The second kappa shape index (κ2) is 5.47. The minimum absolute atomic E-state index is 0.152. The average Bonchev–Trinajstić information content (AvgIpc) is 2.87. The first-order chi connectivity index (χ1) is 8.63. The van der Waals surface area contributed by atoms with E-state index >= 15 is 0 Å². The van der Waals surface area contributed by atoms with Crippen molar-refractivity contribution in [2.75, 3.05) is 0 Å². The van der Waals surface area contributed by atoms with Gasteiger partial charge in [0.15, 0.2) is 5.78 Å². The van der Waals surface area contributed by atoms with Crippen LogP contribution in [-0.4, -0.2) is 5.78 Å². The van der Waals surface area contributed by atoms with Gasteiger partial charge in [-0.15, -0.1) is 11.3 Å². The maximum Gasteiger partial charge on any atom is 0.185 e. The number of Topliss-reactive ketones (excluding diaryl/α,β-unsaturated/α-hetero) is 1. The summed E-state index contributed by atoms with van der Waals surface area (Å²) in [4.78, 5) is 13.1. The Morgan fingerprint density at radius 3 is 2.78 bits per heavy atom. The van der Waals surface area contributed by atoms with Gasteiger partial charge < -0.3 is 0 Å². The molecule has 1 atom stereocenters. The Balaban J connectivity index is 2.36. The molecule has 1 aromatic carbocycles. The topological polar surface area (TPSA) is 40.9 Å². The van der Waals surface area contributed by atoms with E-state index in [1.807, 2.05) is 30.5 Å². The molecule has 0 radical (unpaired) electrons. The highest BCUT2D eigenvalue weighted by molar-refractivity contribution is 9.10. The van der Waals surface area contributed by atoms with E-state index in [1.54, 1.807) is 12.1 Å². The zero-order valence-electron chi connectivity index (χ0n) is 9.68. The van der Waals surface area contributed by atoms with Crippen LogP contribution in [-0.2, 0) is 0 Å². The number of ketones is 1. The van der Waals surface area contributed by atoms with Crippen molar-refractivity contribution in [3.8, 4) is 6.07 Å². The summed E-state index contributed by atoms with van der Waals surface area (Å²) in [6.45, 7) is 1.96. The number of thiophene rings is 1. The van der Waals surface area contributed by atoms with Crippen molar-refractivity contribution in [3.05, 3.63) is 56.2 Å². The zero-order chi connectivity index (χ0) is 13.1. The highest BCUT2D eigenvalue weighted by Crippen LogP contribution is 2.26. The second-order valence-corrected chi connectivity index (χ2v) is 5.74. The van der Waals surface area contributed by atoms with Crippen molar-refractivity contribution in [1.29, 1.82) is 5.26 Å². The number of hydrogen-bond acceptors (Lipinski definition) is 3. The molecule has 0 aliphatic rings. The SMILES string of the molecule is Cc1ccc(C(=O)C(C#N)c2cccs2)cc1Br. The minimum Gasteiger partial charge on any atom is -0.292 e. The number of carbonyl (C=O) groups excluding carboxylic acids is 1. The summed E-state index contributed by atoms with van der Waals surface area (Å²) in [6.07, 6.45) is 0. The van der Waals surface area contributed by atoms with E-state index < -0.39 is 5.92 Å². The Bertz CT molecular complexity index is 613. The quantitative estimate of drug-likeness (QED) is 0.791. The Morgan fingerprint density at radius 1 is 1.44 bits per heavy atom. The number of nitriles is 1. The molecule has 0 aliphatic carbocycles. The third kappa shape index (κ3) is 2.53. The van der Waals surface area contributed by atoms with Gasteiger partial charge in [0.05, 0.1) is 6.07 Å². The lowest BCUT2D eigenvalue weighted by atomic mass is 9.97. The highest BCUT2D eigenvalue weighted by Gasteiger charge is 2.22. The van der Waals surface area contributed by atoms with Crippen molar-refractivity contribution >= 4 is 33.0 Å². The van der Waals surface area contributed by atoms with Crippen LogP contribution >= 0.6 is 27.3 Å². The van der Waals surface area contributed by atoms with Crippen molar-refractivity contribution in [2.24, 2.45) is 0 Å². The molecule has 2 rings (SSSR count). The monoisotopic (exact) mass is 319 g/mol. The van der Waals surface area contributed by atoms with Crippen LogP contribution in [0.5, 0.6) is 0 Å². The fourth-order valence-electron chi connectivity index (χ4n) is 1.62. The lowest BCUT2D eigenvalue weighted by Crippen LogP contribution is -2.10. The standard InChI is InChI=1S/C14H10BrNOS/c1-9-4-5-10(7-12(9)15)14(17)11(8-16)13-3-2-6-18-13/h2-7,11H,1H3. The van der Waals surface area contributed by atoms with E-state index in [4.69, 9.17) is 0 Å². The first-order valence-corrected chi connectivity index (χ1v) is 7.04. The van der Waals surface area contributed by atoms with E-state index in [9.17, 15) is 10.1 Å². The van der Waals surface area contributed by atoms with Crippen LogP contribution in [0.3, 0.4) is 0 Å². The van der Waals surface area contributed by atoms with Gasteiger partial charge in [-0.1, -0.05) is 34.1 Å². The van der Waals surface area contributed by atoms with Crippen molar-refractivity contribution in [2.45, 2.75) is 12.8 Å². The molecule has 1 heterocycles. The molecule has 2 nitrogen and oxygen atoms in total. The molecule has 0 saturated heterocycles. The molecule has 0 N–H and O–H groups in total. The minimum atomic E-state index is -0.709. The molecule has 0 aliphatic heterocycles. The van der Waals surface area contributed by atoms with Crippen LogP contribution in [0.2, 0.25) is 0 Å². The molecule has 0 amide bonds. The van der Waals surface area contributed by atoms with E-state index in [1.165, 1.54) is 11.3 Å². The lowest BCUT2D eigenvalue weighted by molar-refractivity contribution is 0.0980. The number of hydrogen-bond donors (Lipinski definition) is 0. The maximum atomic E-state index is 12.3. The third-order valence-electron chi connectivity index (χ3n) is 2.68. The van der Waals surface area contributed by atoms with Gasteiger partial charge in [-0.05, 0) is 30.0 Å². The average molecular weight is 320 g/mol. The van der Waals surface area contributed by atoms with Crippen molar-refractivity contribution < 1.29 is 4.79 Å². The molecule has 18 heavy (non-hydrogen) atoms. The summed E-state index contributed by atoms with van der Waals surface area (Å²) >= 11 is 4.83. The van der Waals surface area contributed by atoms with Crippen LogP contribution < -0.4 is 0 Å². The van der Waals surface area contributed by atoms with Gasteiger partial charge in [0.2, 0.25) is 0 Å². The Labute approximate surface area is 118 Å². The molecule has 1 aromatic heterocycles. The van der Waals surface area contributed by atoms with E-state index in [0.29, 0.717) is 5.56 Å². The molecule has 2 aromatic rings. The normalized spacial score (nSPS) is 11.8. The number of carbonyl (C=O) groups is 1. The smallest absolute Gasteiger partial charge is 0.185 e.